The Bertz CT molecular complexity index is 597. The van der Waals surface area contributed by atoms with E-state index >= 15 is 0 Å². The lowest BCUT2D eigenvalue weighted by Crippen LogP contribution is -2.33. The SMILES string of the molecule is COC(=O)C(N)Cc1c[nH]c2cc(F)cc(Br)c12. The highest BCUT2D eigenvalue weighted by molar-refractivity contribution is 9.10. The molecule has 18 heavy (non-hydrogen) atoms. The molecule has 6 heteroatoms. The van der Waals surface area contributed by atoms with Crippen molar-refractivity contribution < 1.29 is 13.9 Å². The van der Waals surface area contributed by atoms with Crippen molar-refractivity contribution in [1.29, 1.82) is 0 Å². The molecule has 1 aromatic carbocycles. The van der Waals surface area contributed by atoms with Crippen LogP contribution in [0.15, 0.2) is 22.8 Å². The molecule has 1 heterocycles. The molecule has 1 unspecified atom stereocenters. The molecule has 0 aliphatic carbocycles. The number of nitrogens with one attached hydrogen (secondary N) is 1. The average molecular weight is 315 g/mol. The Balaban J connectivity index is 2.38. The van der Waals surface area contributed by atoms with Gasteiger partial charge in [-0.2, -0.15) is 0 Å². The Kier molecular flexibility index (Phi) is 3.68. The van der Waals surface area contributed by atoms with Crippen molar-refractivity contribution >= 4 is 32.8 Å². The van der Waals surface area contributed by atoms with Gasteiger partial charge in [-0.05, 0) is 33.6 Å². The topological polar surface area (TPSA) is 68.1 Å². The largest absolute Gasteiger partial charge is 0.468 e. The Morgan fingerprint density at radius 2 is 2.33 bits per heavy atom. The number of carbonyl (C=O) groups is 1. The number of halogens is 2. The van der Waals surface area contributed by atoms with Gasteiger partial charge < -0.3 is 15.5 Å². The van der Waals surface area contributed by atoms with E-state index in [1.165, 1.54) is 19.2 Å². The van der Waals surface area contributed by atoms with Crippen molar-refractivity contribution in [3.63, 3.8) is 0 Å². The van der Waals surface area contributed by atoms with Crippen LogP contribution in [0.3, 0.4) is 0 Å². The Morgan fingerprint density at radius 1 is 1.61 bits per heavy atom. The zero-order valence-corrected chi connectivity index (χ0v) is 11.3. The molecule has 96 valence electrons. The molecule has 1 atom stereocenters. The van der Waals surface area contributed by atoms with E-state index in [2.05, 4.69) is 25.7 Å². The van der Waals surface area contributed by atoms with Gasteiger partial charge in [0, 0.05) is 28.0 Å². The third-order valence-corrected chi connectivity index (χ3v) is 3.35. The fourth-order valence-corrected chi connectivity index (χ4v) is 2.57. The van der Waals surface area contributed by atoms with Gasteiger partial charge in [-0.15, -0.1) is 0 Å². The van der Waals surface area contributed by atoms with Crippen LogP contribution in [0.25, 0.3) is 10.9 Å². The second-order valence-electron chi connectivity index (χ2n) is 3.96. The summed E-state index contributed by atoms with van der Waals surface area (Å²) in [5.41, 5.74) is 7.22. The number of aromatic amines is 1. The predicted octanol–water partition coefficient (Wildman–Crippen LogP) is 2.11. The predicted molar refractivity (Wildman–Crippen MR) is 69.7 cm³/mol. The average Bonchev–Trinajstić information content (AvgIpc) is 2.71. The van der Waals surface area contributed by atoms with Gasteiger partial charge in [0.1, 0.15) is 11.9 Å². The third-order valence-electron chi connectivity index (χ3n) is 2.72. The summed E-state index contributed by atoms with van der Waals surface area (Å²) in [4.78, 5) is 14.2. The Hall–Kier alpha value is -1.40. The van der Waals surface area contributed by atoms with E-state index in [4.69, 9.17) is 5.73 Å². The van der Waals surface area contributed by atoms with Crippen LogP contribution in [0.2, 0.25) is 0 Å². The number of hydrogen-bond acceptors (Lipinski definition) is 3. The van der Waals surface area contributed by atoms with Crippen LogP contribution < -0.4 is 5.73 Å². The lowest BCUT2D eigenvalue weighted by Gasteiger charge is -2.08. The third kappa shape index (κ3) is 2.39. The van der Waals surface area contributed by atoms with E-state index in [9.17, 15) is 9.18 Å². The number of rotatable bonds is 3. The minimum absolute atomic E-state index is 0.330. The van der Waals surface area contributed by atoms with E-state index in [0.29, 0.717) is 16.4 Å². The zero-order chi connectivity index (χ0) is 13.3. The number of nitrogens with two attached hydrogens (primary N) is 1. The number of aromatic nitrogens is 1. The maximum atomic E-state index is 13.2. The molecule has 0 amide bonds. The first kappa shape index (κ1) is 13.0. The first-order valence-electron chi connectivity index (χ1n) is 5.31. The first-order valence-corrected chi connectivity index (χ1v) is 6.10. The zero-order valence-electron chi connectivity index (χ0n) is 9.67. The van der Waals surface area contributed by atoms with E-state index in [1.807, 2.05) is 0 Å². The van der Waals surface area contributed by atoms with Gasteiger partial charge in [0.15, 0.2) is 0 Å². The normalized spacial score (nSPS) is 12.7. The van der Waals surface area contributed by atoms with E-state index in [-0.39, 0.29) is 5.82 Å². The second-order valence-corrected chi connectivity index (χ2v) is 4.81. The Labute approximate surface area is 111 Å². The van der Waals surface area contributed by atoms with Crippen molar-refractivity contribution in [3.05, 3.63) is 34.2 Å². The summed E-state index contributed by atoms with van der Waals surface area (Å²) in [5.74, 6) is -0.803. The highest BCUT2D eigenvalue weighted by Crippen LogP contribution is 2.29. The second kappa shape index (κ2) is 5.07. The van der Waals surface area contributed by atoms with Crippen molar-refractivity contribution in [2.75, 3.05) is 7.11 Å². The number of benzene rings is 1. The summed E-state index contributed by atoms with van der Waals surface area (Å²) in [7, 11) is 1.29. The number of ether oxygens (including phenoxy) is 1. The number of hydrogen-bond donors (Lipinski definition) is 2. The molecule has 0 saturated carbocycles. The quantitative estimate of drug-likeness (QED) is 0.853. The summed E-state index contributed by atoms with van der Waals surface area (Å²) < 4.78 is 18.4. The van der Waals surface area contributed by atoms with Crippen molar-refractivity contribution in [1.82, 2.24) is 4.98 Å². The van der Waals surface area contributed by atoms with Gasteiger partial charge in [-0.25, -0.2) is 4.39 Å². The molecule has 0 fully saturated rings. The monoisotopic (exact) mass is 314 g/mol. The smallest absolute Gasteiger partial charge is 0.322 e. The molecule has 0 spiro atoms. The number of H-pyrrole nitrogens is 1. The molecule has 0 aliphatic rings. The fraction of sp³-hybridized carbons (Fsp3) is 0.250. The van der Waals surface area contributed by atoms with Crippen LogP contribution in [0, 0.1) is 5.82 Å². The molecule has 4 nitrogen and oxygen atoms in total. The number of methoxy groups -OCH3 is 1. The minimum atomic E-state index is -0.731. The van der Waals surface area contributed by atoms with Gasteiger partial charge in [-0.3, -0.25) is 4.79 Å². The van der Waals surface area contributed by atoms with Crippen LogP contribution in [-0.2, 0) is 16.0 Å². The fourth-order valence-electron chi connectivity index (χ4n) is 1.88. The summed E-state index contributed by atoms with van der Waals surface area (Å²) in [6.07, 6.45) is 2.05. The molecule has 0 bridgehead atoms. The van der Waals surface area contributed by atoms with Gasteiger partial charge in [-0.1, -0.05) is 0 Å². The van der Waals surface area contributed by atoms with Crippen LogP contribution in [0.5, 0.6) is 0 Å². The standard InChI is InChI=1S/C12H12BrFN2O2/c1-18-12(17)9(15)2-6-5-16-10-4-7(14)3-8(13)11(6)10/h3-5,9,16H,2,15H2,1H3. The highest BCUT2D eigenvalue weighted by Gasteiger charge is 2.17. The maximum Gasteiger partial charge on any atom is 0.322 e. The summed E-state index contributed by atoms with van der Waals surface area (Å²) in [6, 6.07) is 2.04. The minimum Gasteiger partial charge on any atom is -0.468 e. The van der Waals surface area contributed by atoms with Crippen LogP contribution in [0.1, 0.15) is 5.56 Å². The molecular weight excluding hydrogens is 303 g/mol. The van der Waals surface area contributed by atoms with Gasteiger partial charge in [0.2, 0.25) is 0 Å². The Morgan fingerprint density at radius 3 is 3.00 bits per heavy atom. The van der Waals surface area contributed by atoms with Crippen LogP contribution in [-0.4, -0.2) is 24.1 Å². The molecule has 0 aliphatic heterocycles. The molecule has 3 N–H and O–H groups in total. The van der Waals surface area contributed by atoms with Gasteiger partial charge in [0.25, 0.3) is 0 Å². The summed E-state index contributed by atoms with van der Waals surface area (Å²) >= 11 is 3.30. The first-order chi connectivity index (χ1) is 8.52. The van der Waals surface area contributed by atoms with Crippen LogP contribution in [0.4, 0.5) is 4.39 Å². The lowest BCUT2D eigenvalue weighted by molar-refractivity contribution is -0.142. The van der Waals surface area contributed by atoms with Gasteiger partial charge in [0.05, 0.1) is 7.11 Å². The van der Waals surface area contributed by atoms with Crippen molar-refractivity contribution in [3.8, 4) is 0 Å². The molecule has 0 radical (unpaired) electrons. The highest BCUT2D eigenvalue weighted by atomic mass is 79.9. The molecule has 0 saturated heterocycles. The van der Waals surface area contributed by atoms with E-state index in [0.717, 1.165) is 10.9 Å². The lowest BCUT2D eigenvalue weighted by atomic mass is 10.1. The van der Waals surface area contributed by atoms with Crippen molar-refractivity contribution in [2.45, 2.75) is 12.5 Å². The number of esters is 1. The molecule has 2 rings (SSSR count). The van der Waals surface area contributed by atoms with Crippen molar-refractivity contribution in [2.24, 2.45) is 5.73 Å². The molecule has 2 aromatic rings. The molecular formula is C12H12BrFN2O2. The summed E-state index contributed by atoms with van der Waals surface area (Å²) in [5, 5.41) is 0.829. The van der Waals surface area contributed by atoms with Gasteiger partial charge >= 0.3 is 5.97 Å². The summed E-state index contributed by atoms with van der Waals surface area (Å²) in [6.45, 7) is 0. The van der Waals surface area contributed by atoms with E-state index < -0.39 is 12.0 Å². The number of fused-ring (bicyclic) bond motifs is 1. The number of carbonyl (C=O) groups excluding carboxylic acids is 1. The maximum absolute atomic E-state index is 13.2. The molecule has 1 aromatic heterocycles. The van der Waals surface area contributed by atoms with E-state index in [1.54, 1.807) is 6.20 Å². The van der Waals surface area contributed by atoms with Crippen LogP contribution >= 0.6 is 15.9 Å².